The molecule has 2 N–H and O–H groups in total. The zero-order valence-electron chi connectivity index (χ0n) is 20.3. The van der Waals surface area contributed by atoms with Gasteiger partial charge in [0.2, 0.25) is 0 Å². The number of halogens is 3. The van der Waals surface area contributed by atoms with Crippen LogP contribution in [0.5, 0.6) is 0 Å². The van der Waals surface area contributed by atoms with Gasteiger partial charge < -0.3 is 20.3 Å². The Balaban J connectivity index is 1.61. The van der Waals surface area contributed by atoms with E-state index in [2.05, 4.69) is 29.7 Å². The van der Waals surface area contributed by atoms with Gasteiger partial charge in [-0.15, -0.1) is 0 Å². The number of likely N-dealkylation sites (tertiary alicyclic amines) is 1. The van der Waals surface area contributed by atoms with E-state index in [-0.39, 0.29) is 30.0 Å². The number of alkyl halides is 3. The first-order valence-electron chi connectivity index (χ1n) is 12.3. The first-order valence-corrected chi connectivity index (χ1v) is 12.3. The van der Waals surface area contributed by atoms with Crippen LogP contribution in [0.1, 0.15) is 43.2 Å². The second-order valence-corrected chi connectivity index (χ2v) is 9.53. The Bertz CT molecular complexity index is 1010. The Morgan fingerprint density at radius 3 is 2.37 bits per heavy atom. The molecule has 0 aromatic heterocycles. The molecular weight excluding hydrogens is 455 g/mol. The number of carbonyl (C=O) groups excluding carboxylic acids is 1. The molecule has 0 radical (unpaired) electrons. The second-order valence-electron chi connectivity index (χ2n) is 9.53. The number of benzene rings is 2. The molecule has 2 aliphatic heterocycles. The Morgan fingerprint density at radius 1 is 1.09 bits per heavy atom. The topological polar surface area (TPSA) is 53.6 Å². The zero-order chi connectivity index (χ0) is 25.1. The van der Waals surface area contributed by atoms with Crippen LogP contribution in [-0.2, 0) is 15.1 Å². The van der Waals surface area contributed by atoms with E-state index in [1.165, 1.54) is 34.7 Å². The number of ether oxygens (including phenoxy) is 1. The molecule has 2 fully saturated rings. The summed E-state index contributed by atoms with van der Waals surface area (Å²) in [6.07, 6.45) is -2.67. The summed E-state index contributed by atoms with van der Waals surface area (Å²) in [6.45, 7) is 5.08. The normalized spacial score (nSPS) is 22.0. The van der Waals surface area contributed by atoms with Crippen molar-refractivity contribution in [2.45, 2.75) is 43.9 Å². The molecule has 2 aromatic rings. The van der Waals surface area contributed by atoms with Crippen molar-refractivity contribution < 1.29 is 22.7 Å². The molecule has 0 aliphatic carbocycles. The lowest BCUT2D eigenvalue weighted by Gasteiger charge is -2.51. The molecule has 1 amide bonds. The van der Waals surface area contributed by atoms with Crippen molar-refractivity contribution >= 4 is 11.6 Å². The Hall–Kier alpha value is -2.58. The number of hydrogen-bond acceptors (Lipinski definition) is 4. The number of carbonyl (C=O) groups is 1. The Kier molecular flexibility index (Phi) is 7.43. The van der Waals surface area contributed by atoms with Crippen LogP contribution in [0.4, 0.5) is 18.9 Å². The van der Waals surface area contributed by atoms with Gasteiger partial charge in [-0.1, -0.05) is 48.5 Å². The third-order valence-electron chi connectivity index (χ3n) is 7.82. The minimum Gasteiger partial charge on any atom is -0.385 e. The van der Waals surface area contributed by atoms with Gasteiger partial charge in [0.15, 0.2) is 0 Å². The van der Waals surface area contributed by atoms with Crippen LogP contribution in [0.3, 0.4) is 0 Å². The predicted molar refractivity (Wildman–Crippen MR) is 130 cm³/mol. The fourth-order valence-electron chi connectivity index (χ4n) is 5.95. The molecule has 0 saturated carbocycles. The van der Waals surface area contributed by atoms with E-state index in [9.17, 15) is 18.0 Å². The maximum atomic E-state index is 14.4. The number of methoxy groups -OCH3 is 1. The summed E-state index contributed by atoms with van der Waals surface area (Å²) in [4.78, 5) is 14.9. The number of rotatable bonds is 6. The van der Waals surface area contributed by atoms with Crippen LogP contribution in [0.25, 0.3) is 0 Å². The lowest BCUT2D eigenvalue weighted by molar-refractivity contribution is -0.271. The largest absolute Gasteiger partial charge is 0.430 e. The highest BCUT2D eigenvalue weighted by Crippen LogP contribution is 2.51. The minimum atomic E-state index is -4.89. The minimum absolute atomic E-state index is 0.0751. The molecule has 4 rings (SSSR count). The third kappa shape index (κ3) is 4.54. The molecular formula is C27H34F3N3O2. The number of nitrogens with one attached hydrogen (secondary N) is 2. The van der Waals surface area contributed by atoms with E-state index in [0.717, 1.165) is 38.9 Å². The predicted octanol–water partition coefficient (Wildman–Crippen LogP) is 4.91. The number of para-hydroxylation sites is 1. The highest BCUT2D eigenvalue weighted by molar-refractivity contribution is 5.88. The Morgan fingerprint density at radius 2 is 1.74 bits per heavy atom. The van der Waals surface area contributed by atoms with Crippen LogP contribution in [0, 0.1) is 5.41 Å². The molecule has 2 aromatic carbocycles. The van der Waals surface area contributed by atoms with Gasteiger partial charge in [0.25, 0.3) is 11.5 Å². The molecule has 1 spiro atoms. The van der Waals surface area contributed by atoms with Gasteiger partial charge in [-0.2, -0.15) is 13.2 Å². The first-order chi connectivity index (χ1) is 16.8. The van der Waals surface area contributed by atoms with Crippen molar-refractivity contribution in [2.24, 2.45) is 5.41 Å². The zero-order valence-corrected chi connectivity index (χ0v) is 20.3. The fraction of sp³-hybridized carbons (Fsp3) is 0.519. The van der Waals surface area contributed by atoms with Crippen molar-refractivity contribution in [1.82, 2.24) is 10.2 Å². The molecule has 2 heterocycles. The Labute approximate surface area is 205 Å². The second kappa shape index (κ2) is 10.2. The SMILES string of the molecule is CCNc1ccccc1C1CNCCC12CCN(C(=O)[C@](OC)(c1ccccc1)C(F)(F)F)CC2. The summed E-state index contributed by atoms with van der Waals surface area (Å²) in [6, 6.07) is 15.5. The molecule has 2 aliphatic rings. The summed E-state index contributed by atoms with van der Waals surface area (Å²) in [7, 11) is 0.963. The maximum absolute atomic E-state index is 14.4. The van der Waals surface area contributed by atoms with E-state index >= 15 is 0 Å². The van der Waals surface area contributed by atoms with Crippen LogP contribution < -0.4 is 10.6 Å². The number of nitrogens with zero attached hydrogens (tertiary/aromatic N) is 1. The molecule has 2 atom stereocenters. The van der Waals surface area contributed by atoms with Crippen molar-refractivity contribution in [3.8, 4) is 0 Å². The van der Waals surface area contributed by atoms with E-state index in [1.54, 1.807) is 6.07 Å². The standard InChI is InChI=1S/C27H34F3N3O2/c1-3-32-23-12-8-7-11-21(23)22-19-31-16-13-25(22)14-17-33(18-15-25)24(34)26(35-2,27(28,29)30)20-9-5-4-6-10-20/h4-12,22,31-32H,3,13-19H2,1-2H3/t22?,26-/m1/s1. The fourth-order valence-corrected chi connectivity index (χ4v) is 5.95. The van der Waals surface area contributed by atoms with Crippen molar-refractivity contribution in [3.05, 3.63) is 65.7 Å². The molecule has 1 unspecified atom stereocenters. The first kappa shape index (κ1) is 25.5. The summed E-state index contributed by atoms with van der Waals surface area (Å²) in [5, 5.41) is 6.96. The van der Waals surface area contributed by atoms with Gasteiger partial charge in [0.05, 0.1) is 0 Å². The molecule has 8 heteroatoms. The molecule has 190 valence electrons. The van der Waals surface area contributed by atoms with Gasteiger partial charge in [-0.25, -0.2) is 0 Å². The number of anilines is 1. The van der Waals surface area contributed by atoms with Crippen LogP contribution in [0.2, 0.25) is 0 Å². The van der Waals surface area contributed by atoms with E-state index in [1.807, 2.05) is 12.1 Å². The van der Waals surface area contributed by atoms with Gasteiger partial charge in [-0.3, -0.25) is 4.79 Å². The van der Waals surface area contributed by atoms with Gasteiger partial charge in [0, 0.05) is 50.5 Å². The summed E-state index contributed by atoms with van der Waals surface area (Å²) in [5.41, 5.74) is -0.953. The molecule has 2 saturated heterocycles. The maximum Gasteiger partial charge on any atom is 0.430 e. The highest BCUT2D eigenvalue weighted by atomic mass is 19.4. The summed E-state index contributed by atoms with van der Waals surface area (Å²) < 4.78 is 48.3. The van der Waals surface area contributed by atoms with Crippen molar-refractivity contribution in [2.75, 3.05) is 45.2 Å². The van der Waals surface area contributed by atoms with Crippen molar-refractivity contribution in [1.29, 1.82) is 0 Å². The highest BCUT2D eigenvalue weighted by Gasteiger charge is 2.64. The van der Waals surface area contributed by atoms with Crippen LogP contribution >= 0.6 is 0 Å². The molecule has 0 bridgehead atoms. The van der Waals surface area contributed by atoms with E-state index in [0.29, 0.717) is 12.8 Å². The van der Waals surface area contributed by atoms with Gasteiger partial charge in [-0.05, 0) is 49.8 Å². The average Bonchev–Trinajstić information content (AvgIpc) is 2.86. The lowest BCUT2D eigenvalue weighted by atomic mass is 9.62. The average molecular weight is 490 g/mol. The summed E-state index contributed by atoms with van der Waals surface area (Å²) in [5.74, 6) is -0.820. The number of piperidine rings is 2. The number of hydrogen-bond donors (Lipinski definition) is 2. The van der Waals surface area contributed by atoms with E-state index < -0.39 is 17.7 Å². The lowest BCUT2D eigenvalue weighted by Crippen LogP contribution is -2.59. The van der Waals surface area contributed by atoms with Crippen molar-refractivity contribution in [3.63, 3.8) is 0 Å². The molecule has 5 nitrogen and oxygen atoms in total. The molecule has 35 heavy (non-hydrogen) atoms. The summed E-state index contributed by atoms with van der Waals surface area (Å²) >= 11 is 0. The van der Waals surface area contributed by atoms with Gasteiger partial charge >= 0.3 is 6.18 Å². The quantitative estimate of drug-likeness (QED) is 0.606. The van der Waals surface area contributed by atoms with Crippen LogP contribution in [0.15, 0.2) is 54.6 Å². The smallest absolute Gasteiger partial charge is 0.385 e. The third-order valence-corrected chi connectivity index (χ3v) is 7.82. The van der Waals surface area contributed by atoms with Crippen LogP contribution in [-0.4, -0.2) is 56.8 Å². The monoisotopic (exact) mass is 489 g/mol. The van der Waals surface area contributed by atoms with E-state index in [4.69, 9.17) is 4.74 Å². The van der Waals surface area contributed by atoms with Gasteiger partial charge in [0.1, 0.15) is 0 Å². The number of amides is 1.